The van der Waals surface area contributed by atoms with E-state index in [0.717, 1.165) is 25.7 Å². The number of carbonyl (C=O) groups is 1. The summed E-state index contributed by atoms with van der Waals surface area (Å²) in [6.07, 6.45) is 4.45. The fourth-order valence-electron chi connectivity index (χ4n) is 2.46. The Morgan fingerprint density at radius 2 is 2.07 bits per heavy atom. The van der Waals surface area contributed by atoms with Gasteiger partial charge in [-0.05, 0) is 26.7 Å². The molecule has 1 aliphatic heterocycles. The molecule has 0 aliphatic carbocycles. The summed E-state index contributed by atoms with van der Waals surface area (Å²) in [4.78, 5) is 14.1. The Hall–Kier alpha value is -0.570. The van der Waals surface area contributed by atoms with Gasteiger partial charge in [-0.15, -0.1) is 0 Å². The molecule has 88 valence electrons. The molecular weight excluding hydrogens is 188 g/mol. The lowest BCUT2D eigenvalue weighted by molar-refractivity contribution is -0.132. The Bertz CT molecular complexity index is 218. The van der Waals surface area contributed by atoms with Crippen molar-refractivity contribution in [3.8, 4) is 0 Å². The molecule has 1 amide bonds. The smallest absolute Gasteiger partial charge is 0.241 e. The quantitative estimate of drug-likeness (QED) is 0.757. The molecule has 3 heteroatoms. The van der Waals surface area contributed by atoms with Crippen LogP contribution < -0.4 is 5.32 Å². The normalized spacial score (nSPS) is 28.5. The summed E-state index contributed by atoms with van der Waals surface area (Å²) in [5.74, 6) is 0.297. The van der Waals surface area contributed by atoms with Crippen LogP contribution in [-0.2, 0) is 4.79 Å². The van der Waals surface area contributed by atoms with Crippen molar-refractivity contribution >= 4 is 5.91 Å². The van der Waals surface area contributed by atoms with Gasteiger partial charge >= 0.3 is 0 Å². The maximum atomic E-state index is 12.1. The standard InChI is InChI=1S/C12H24N2O/c1-5-7-9(3)14-10(4)13-11(8-6-2)12(14)15/h9-11,13H,5-8H2,1-4H3. The summed E-state index contributed by atoms with van der Waals surface area (Å²) in [6.45, 7) is 8.52. The number of nitrogens with zero attached hydrogens (tertiary/aromatic N) is 1. The largest absolute Gasteiger partial charge is 0.323 e. The van der Waals surface area contributed by atoms with E-state index in [9.17, 15) is 4.79 Å². The summed E-state index contributed by atoms with van der Waals surface area (Å²) in [6, 6.07) is 0.427. The van der Waals surface area contributed by atoms with E-state index in [0.29, 0.717) is 11.9 Å². The Kier molecular flexibility index (Phi) is 4.58. The van der Waals surface area contributed by atoms with Crippen LogP contribution in [0.5, 0.6) is 0 Å². The lowest BCUT2D eigenvalue weighted by Gasteiger charge is -2.28. The maximum Gasteiger partial charge on any atom is 0.241 e. The number of hydrogen-bond donors (Lipinski definition) is 1. The fourth-order valence-corrected chi connectivity index (χ4v) is 2.46. The van der Waals surface area contributed by atoms with Crippen LogP contribution in [0.15, 0.2) is 0 Å². The first kappa shape index (κ1) is 12.5. The number of amides is 1. The molecule has 0 spiro atoms. The molecule has 1 fully saturated rings. The van der Waals surface area contributed by atoms with Crippen LogP contribution >= 0.6 is 0 Å². The van der Waals surface area contributed by atoms with Crippen LogP contribution in [0.1, 0.15) is 53.4 Å². The van der Waals surface area contributed by atoms with Crippen LogP contribution in [0, 0.1) is 0 Å². The van der Waals surface area contributed by atoms with Crippen LogP contribution in [-0.4, -0.2) is 29.1 Å². The van der Waals surface area contributed by atoms with Crippen molar-refractivity contribution in [1.82, 2.24) is 10.2 Å². The SMILES string of the molecule is CCCC1NC(C)N(C(C)CCC)C1=O. The third-order valence-corrected chi connectivity index (χ3v) is 3.17. The first-order chi connectivity index (χ1) is 7.11. The average Bonchev–Trinajstić information content (AvgIpc) is 2.43. The molecule has 0 bridgehead atoms. The summed E-state index contributed by atoms with van der Waals surface area (Å²) in [5.41, 5.74) is 0. The summed E-state index contributed by atoms with van der Waals surface area (Å²) in [7, 11) is 0. The van der Waals surface area contributed by atoms with Crippen LogP contribution in [0.2, 0.25) is 0 Å². The number of nitrogens with one attached hydrogen (secondary N) is 1. The minimum Gasteiger partial charge on any atom is -0.323 e. The molecule has 1 aliphatic rings. The Labute approximate surface area is 93.2 Å². The highest BCUT2D eigenvalue weighted by Gasteiger charge is 2.37. The Morgan fingerprint density at radius 1 is 1.40 bits per heavy atom. The molecule has 1 rings (SSSR count). The molecular formula is C12H24N2O. The second-order valence-corrected chi connectivity index (χ2v) is 4.57. The predicted octanol–water partition coefficient (Wildman–Crippen LogP) is 2.12. The van der Waals surface area contributed by atoms with E-state index in [2.05, 4.69) is 33.0 Å². The van der Waals surface area contributed by atoms with Crippen molar-refractivity contribution in [3.63, 3.8) is 0 Å². The van der Waals surface area contributed by atoms with Crippen LogP contribution in [0.25, 0.3) is 0 Å². The molecule has 1 N–H and O–H groups in total. The van der Waals surface area contributed by atoms with Crippen molar-refractivity contribution in [2.24, 2.45) is 0 Å². The minimum absolute atomic E-state index is 0.0595. The van der Waals surface area contributed by atoms with Crippen LogP contribution in [0.4, 0.5) is 0 Å². The van der Waals surface area contributed by atoms with E-state index < -0.39 is 0 Å². The van der Waals surface area contributed by atoms with Gasteiger partial charge < -0.3 is 4.90 Å². The average molecular weight is 212 g/mol. The van der Waals surface area contributed by atoms with Gasteiger partial charge in [0.25, 0.3) is 0 Å². The van der Waals surface area contributed by atoms with Gasteiger partial charge in [-0.3, -0.25) is 10.1 Å². The Balaban J connectivity index is 2.61. The molecule has 0 aromatic rings. The highest BCUT2D eigenvalue weighted by atomic mass is 16.2. The molecule has 1 heterocycles. The van der Waals surface area contributed by atoms with Crippen molar-refractivity contribution in [1.29, 1.82) is 0 Å². The molecule has 3 unspecified atom stereocenters. The zero-order valence-electron chi connectivity index (χ0n) is 10.4. The first-order valence-electron chi connectivity index (χ1n) is 6.20. The van der Waals surface area contributed by atoms with E-state index in [1.165, 1.54) is 0 Å². The second-order valence-electron chi connectivity index (χ2n) is 4.57. The van der Waals surface area contributed by atoms with E-state index in [1.54, 1.807) is 0 Å². The molecule has 0 radical (unpaired) electrons. The zero-order chi connectivity index (χ0) is 11.4. The second kappa shape index (κ2) is 5.50. The summed E-state index contributed by atoms with van der Waals surface area (Å²) >= 11 is 0. The molecule has 15 heavy (non-hydrogen) atoms. The van der Waals surface area contributed by atoms with Gasteiger partial charge in [-0.1, -0.05) is 26.7 Å². The van der Waals surface area contributed by atoms with Crippen molar-refractivity contribution < 1.29 is 4.79 Å². The monoisotopic (exact) mass is 212 g/mol. The third-order valence-electron chi connectivity index (χ3n) is 3.17. The fraction of sp³-hybridized carbons (Fsp3) is 0.917. The van der Waals surface area contributed by atoms with E-state index in [-0.39, 0.29) is 12.2 Å². The highest BCUT2D eigenvalue weighted by Crippen LogP contribution is 2.19. The van der Waals surface area contributed by atoms with Gasteiger partial charge in [-0.2, -0.15) is 0 Å². The lowest BCUT2D eigenvalue weighted by atomic mass is 10.1. The predicted molar refractivity (Wildman–Crippen MR) is 62.5 cm³/mol. The highest BCUT2D eigenvalue weighted by molar-refractivity contribution is 5.84. The van der Waals surface area contributed by atoms with Gasteiger partial charge in [0.2, 0.25) is 5.91 Å². The zero-order valence-corrected chi connectivity index (χ0v) is 10.4. The topological polar surface area (TPSA) is 32.3 Å². The summed E-state index contributed by atoms with van der Waals surface area (Å²) in [5, 5.41) is 3.37. The van der Waals surface area contributed by atoms with E-state index in [1.807, 2.05) is 4.90 Å². The number of carbonyl (C=O) groups excluding carboxylic acids is 1. The Morgan fingerprint density at radius 3 is 2.60 bits per heavy atom. The van der Waals surface area contributed by atoms with Crippen molar-refractivity contribution in [2.75, 3.05) is 0 Å². The number of rotatable bonds is 5. The van der Waals surface area contributed by atoms with E-state index in [4.69, 9.17) is 0 Å². The van der Waals surface area contributed by atoms with Gasteiger partial charge in [0.05, 0.1) is 12.2 Å². The first-order valence-corrected chi connectivity index (χ1v) is 6.20. The van der Waals surface area contributed by atoms with E-state index >= 15 is 0 Å². The van der Waals surface area contributed by atoms with Gasteiger partial charge in [0, 0.05) is 6.04 Å². The molecule has 3 nitrogen and oxygen atoms in total. The van der Waals surface area contributed by atoms with Crippen LogP contribution in [0.3, 0.4) is 0 Å². The third kappa shape index (κ3) is 2.71. The summed E-state index contributed by atoms with van der Waals surface area (Å²) < 4.78 is 0. The maximum absolute atomic E-state index is 12.1. The van der Waals surface area contributed by atoms with Gasteiger partial charge in [0.15, 0.2) is 0 Å². The molecule has 3 atom stereocenters. The minimum atomic E-state index is 0.0595. The van der Waals surface area contributed by atoms with Crippen molar-refractivity contribution in [2.45, 2.75) is 71.6 Å². The number of hydrogen-bond acceptors (Lipinski definition) is 2. The van der Waals surface area contributed by atoms with Gasteiger partial charge in [0.1, 0.15) is 0 Å². The van der Waals surface area contributed by atoms with Gasteiger partial charge in [-0.25, -0.2) is 0 Å². The molecule has 0 aromatic heterocycles. The molecule has 1 saturated heterocycles. The lowest BCUT2D eigenvalue weighted by Crippen LogP contribution is -2.41. The molecule has 0 saturated carbocycles. The molecule has 0 aromatic carbocycles. The van der Waals surface area contributed by atoms with Crippen molar-refractivity contribution in [3.05, 3.63) is 0 Å².